The number of nitrogens with zero attached hydrogens (tertiary/aromatic N) is 5. The van der Waals surface area contributed by atoms with Crippen molar-refractivity contribution in [3.63, 3.8) is 0 Å². The van der Waals surface area contributed by atoms with Crippen molar-refractivity contribution >= 4 is 21.8 Å². The highest BCUT2D eigenvalue weighted by atomic mass is 15.0. The van der Waals surface area contributed by atoms with Crippen LogP contribution < -0.4 is 0 Å². The monoisotopic (exact) mass is 681 g/mol. The summed E-state index contributed by atoms with van der Waals surface area (Å²) in [7, 11) is 0. The van der Waals surface area contributed by atoms with Gasteiger partial charge < -0.3 is 0 Å². The van der Waals surface area contributed by atoms with E-state index in [4.69, 9.17) is 24.9 Å². The first-order valence-corrected chi connectivity index (χ1v) is 18.0. The van der Waals surface area contributed by atoms with Crippen LogP contribution in [-0.4, -0.2) is 24.9 Å². The Bertz CT molecular complexity index is 2670. The van der Waals surface area contributed by atoms with Gasteiger partial charge >= 0.3 is 0 Å². The van der Waals surface area contributed by atoms with Gasteiger partial charge in [-0.3, -0.25) is 0 Å². The summed E-state index contributed by atoms with van der Waals surface area (Å²) in [5.74, 6) is 2.24. The van der Waals surface area contributed by atoms with Crippen molar-refractivity contribution in [1.29, 1.82) is 0 Å². The van der Waals surface area contributed by atoms with E-state index in [1.54, 1.807) is 0 Å². The van der Waals surface area contributed by atoms with Gasteiger partial charge in [-0.1, -0.05) is 166 Å². The molecule has 53 heavy (non-hydrogen) atoms. The van der Waals surface area contributed by atoms with Crippen LogP contribution in [0.4, 0.5) is 0 Å². The lowest BCUT2D eigenvalue weighted by atomic mass is 9.94. The highest BCUT2D eigenvalue weighted by molar-refractivity contribution is 6.05. The van der Waals surface area contributed by atoms with E-state index in [0.717, 1.165) is 72.1 Å². The molecule has 9 aromatic rings. The molecule has 252 valence electrons. The minimum absolute atomic E-state index is 0.316. The van der Waals surface area contributed by atoms with E-state index in [2.05, 4.69) is 105 Å². The van der Waals surface area contributed by atoms with Gasteiger partial charge in [0, 0.05) is 38.6 Å². The molecule has 0 N–H and O–H groups in total. The molecule has 0 aliphatic carbocycles. The van der Waals surface area contributed by atoms with E-state index in [1.165, 1.54) is 5.56 Å². The molecule has 0 bridgehead atoms. The molecule has 5 nitrogen and oxygen atoms in total. The maximum Gasteiger partial charge on any atom is 0.164 e. The molecule has 5 heteroatoms. The number of hydrogen-bond acceptors (Lipinski definition) is 5. The zero-order chi connectivity index (χ0) is 35.7. The third kappa shape index (κ3) is 6.34. The van der Waals surface area contributed by atoms with Gasteiger partial charge in [-0.25, -0.2) is 24.9 Å². The van der Waals surface area contributed by atoms with E-state index >= 15 is 0 Å². The molecule has 0 aliphatic heterocycles. The summed E-state index contributed by atoms with van der Waals surface area (Å²) in [6, 6.07) is 58.4. The first-order chi connectivity index (χ1) is 26.1. The molecule has 0 aliphatic rings. The maximum atomic E-state index is 5.29. The molecule has 0 saturated carbocycles. The molecule has 0 fully saturated rings. The third-order valence-electron chi connectivity index (χ3n) is 9.70. The van der Waals surface area contributed by atoms with Crippen LogP contribution in [-0.2, 0) is 0 Å². The van der Waals surface area contributed by atoms with Crippen molar-refractivity contribution in [2.45, 2.75) is 19.8 Å². The van der Waals surface area contributed by atoms with Crippen molar-refractivity contribution in [2.24, 2.45) is 0 Å². The Hall–Kier alpha value is -6.85. The zero-order valence-electron chi connectivity index (χ0n) is 29.5. The minimum Gasteiger partial charge on any atom is -0.245 e. The lowest BCUT2D eigenvalue weighted by Crippen LogP contribution is -2.00. The number of rotatable bonds is 7. The van der Waals surface area contributed by atoms with Crippen LogP contribution in [0, 0.1) is 0 Å². The SMILES string of the molecule is CC(C)c1cc(-c2ccc(-c3cccc(-c4nc(-c5ccccc5)nc(-c5ccccc5)n4)c3)cc2)nc2c1ccc1ccc(-c3ccccc3)nc12. The Balaban J connectivity index is 1.10. The van der Waals surface area contributed by atoms with Gasteiger partial charge in [0.2, 0.25) is 0 Å². The van der Waals surface area contributed by atoms with Crippen LogP contribution in [0.15, 0.2) is 170 Å². The number of hydrogen-bond donors (Lipinski definition) is 0. The fraction of sp³-hybridized carbons (Fsp3) is 0.0625. The van der Waals surface area contributed by atoms with Crippen molar-refractivity contribution in [3.05, 3.63) is 175 Å². The topological polar surface area (TPSA) is 64.5 Å². The smallest absolute Gasteiger partial charge is 0.164 e. The van der Waals surface area contributed by atoms with E-state index in [0.29, 0.717) is 23.4 Å². The number of pyridine rings is 2. The number of fused-ring (bicyclic) bond motifs is 3. The average molecular weight is 682 g/mol. The molecule has 9 rings (SSSR count). The van der Waals surface area contributed by atoms with Crippen LogP contribution in [0.5, 0.6) is 0 Å². The van der Waals surface area contributed by atoms with Crippen molar-refractivity contribution in [2.75, 3.05) is 0 Å². The minimum atomic E-state index is 0.316. The van der Waals surface area contributed by atoms with Gasteiger partial charge in [-0.2, -0.15) is 0 Å². The lowest BCUT2D eigenvalue weighted by Gasteiger charge is -2.15. The molecule has 0 spiro atoms. The zero-order valence-corrected chi connectivity index (χ0v) is 29.5. The Labute approximate surface area is 308 Å². The van der Waals surface area contributed by atoms with E-state index in [9.17, 15) is 0 Å². The number of benzene rings is 6. The maximum absolute atomic E-state index is 5.29. The molecule has 3 heterocycles. The van der Waals surface area contributed by atoms with Gasteiger partial charge in [0.1, 0.15) is 0 Å². The molecular formula is C48H35N5. The van der Waals surface area contributed by atoms with Crippen LogP contribution in [0.3, 0.4) is 0 Å². The molecule has 0 atom stereocenters. The summed E-state index contributed by atoms with van der Waals surface area (Å²) in [6.07, 6.45) is 0. The second-order valence-electron chi connectivity index (χ2n) is 13.5. The third-order valence-corrected chi connectivity index (χ3v) is 9.70. The Kier molecular flexibility index (Phi) is 8.29. The first-order valence-electron chi connectivity index (χ1n) is 18.0. The fourth-order valence-corrected chi connectivity index (χ4v) is 6.90. The normalized spacial score (nSPS) is 11.4. The molecule has 0 radical (unpaired) electrons. The van der Waals surface area contributed by atoms with Crippen molar-refractivity contribution in [3.8, 4) is 67.8 Å². The predicted octanol–water partition coefficient (Wildman–Crippen LogP) is 12.1. The Morgan fingerprint density at radius 2 is 0.830 bits per heavy atom. The molecular weight excluding hydrogens is 647 g/mol. The molecule has 3 aromatic heterocycles. The Morgan fingerprint density at radius 1 is 0.340 bits per heavy atom. The van der Waals surface area contributed by atoms with Crippen molar-refractivity contribution in [1.82, 2.24) is 24.9 Å². The highest BCUT2D eigenvalue weighted by Gasteiger charge is 2.16. The van der Waals surface area contributed by atoms with E-state index < -0.39 is 0 Å². The summed E-state index contributed by atoms with van der Waals surface area (Å²) in [4.78, 5) is 25.2. The number of aromatic nitrogens is 5. The molecule has 0 saturated heterocycles. The van der Waals surface area contributed by atoms with Crippen LogP contribution in [0.1, 0.15) is 25.3 Å². The summed E-state index contributed by atoms with van der Waals surface area (Å²) in [6.45, 7) is 4.48. The highest BCUT2D eigenvalue weighted by Crippen LogP contribution is 2.35. The summed E-state index contributed by atoms with van der Waals surface area (Å²) in [5.41, 5.74) is 12.1. The lowest BCUT2D eigenvalue weighted by molar-refractivity contribution is 0.875. The molecule has 0 unspecified atom stereocenters. The molecule has 6 aromatic carbocycles. The second kappa shape index (κ2) is 13.7. The standard InChI is InChI=1S/C48H35N5/c1-31(2)41-30-43(50-45-40(41)27-25-35-26-28-42(49-44(35)45)33-13-6-3-7-14-33)34-23-21-32(22-24-34)38-19-12-20-39(29-38)48-52-46(36-15-8-4-9-16-36)51-47(53-48)37-17-10-5-11-18-37/h3-31H,1-2H3. The van der Waals surface area contributed by atoms with Crippen LogP contribution >= 0.6 is 0 Å². The van der Waals surface area contributed by atoms with Gasteiger partial charge in [0.15, 0.2) is 17.5 Å². The quantitative estimate of drug-likeness (QED) is 0.157. The van der Waals surface area contributed by atoms with Gasteiger partial charge in [0.05, 0.1) is 22.4 Å². The molecule has 0 amide bonds. The van der Waals surface area contributed by atoms with Gasteiger partial charge in [-0.15, -0.1) is 0 Å². The van der Waals surface area contributed by atoms with Crippen LogP contribution in [0.25, 0.3) is 89.6 Å². The Morgan fingerprint density at radius 3 is 1.45 bits per heavy atom. The summed E-state index contributed by atoms with van der Waals surface area (Å²) < 4.78 is 0. The van der Waals surface area contributed by atoms with Crippen molar-refractivity contribution < 1.29 is 0 Å². The van der Waals surface area contributed by atoms with Crippen LogP contribution in [0.2, 0.25) is 0 Å². The summed E-state index contributed by atoms with van der Waals surface area (Å²) in [5, 5.41) is 2.23. The fourth-order valence-electron chi connectivity index (χ4n) is 6.90. The summed E-state index contributed by atoms with van der Waals surface area (Å²) >= 11 is 0. The predicted molar refractivity (Wildman–Crippen MR) is 217 cm³/mol. The van der Waals surface area contributed by atoms with E-state index in [1.807, 2.05) is 78.9 Å². The largest absolute Gasteiger partial charge is 0.245 e. The van der Waals surface area contributed by atoms with E-state index in [-0.39, 0.29) is 0 Å². The second-order valence-corrected chi connectivity index (χ2v) is 13.5. The average Bonchev–Trinajstić information content (AvgIpc) is 3.24. The van der Waals surface area contributed by atoms with Gasteiger partial charge in [0.25, 0.3) is 0 Å². The van der Waals surface area contributed by atoms with Gasteiger partial charge in [-0.05, 0) is 40.8 Å². The first kappa shape index (κ1) is 32.1.